The van der Waals surface area contributed by atoms with E-state index in [0.29, 0.717) is 15.7 Å². The molecular formula is C19H26ClN3O3S. The summed E-state index contributed by atoms with van der Waals surface area (Å²) in [4.78, 5) is 29.5. The minimum atomic E-state index is -0.457. The van der Waals surface area contributed by atoms with Crippen LogP contribution in [0.4, 0.5) is 5.13 Å². The Labute approximate surface area is 169 Å². The molecule has 0 fully saturated rings. The lowest BCUT2D eigenvalue weighted by atomic mass is 9.91. The summed E-state index contributed by atoms with van der Waals surface area (Å²) in [5.74, 6) is -1.16. The first kappa shape index (κ1) is 23.1. The van der Waals surface area contributed by atoms with Crippen molar-refractivity contribution in [3.8, 4) is 0 Å². The number of anilines is 1. The largest absolute Gasteiger partial charge is 0.465 e. The van der Waals surface area contributed by atoms with Crippen molar-refractivity contribution in [1.29, 1.82) is 0 Å². The quantitative estimate of drug-likeness (QED) is 0.727. The molecule has 1 amide bonds. The number of thiazole rings is 1. The summed E-state index contributed by atoms with van der Waals surface area (Å²) in [7, 11) is 1.33. The van der Waals surface area contributed by atoms with E-state index in [1.807, 2.05) is 51.1 Å². The van der Waals surface area contributed by atoms with Crippen LogP contribution >= 0.6 is 23.7 Å². The number of amides is 1. The number of hydrogen-bond acceptors (Lipinski definition) is 6. The lowest BCUT2D eigenvalue weighted by molar-refractivity contribution is -0.120. The molecule has 0 aliphatic carbocycles. The molecule has 0 saturated carbocycles. The fraction of sp³-hybridized carbons (Fsp3) is 0.421. The zero-order valence-electron chi connectivity index (χ0n) is 16.1. The molecule has 3 N–H and O–H groups in total. The van der Waals surface area contributed by atoms with E-state index in [2.05, 4.69) is 10.3 Å². The Morgan fingerprint density at radius 2 is 1.81 bits per heavy atom. The van der Waals surface area contributed by atoms with Crippen molar-refractivity contribution in [3.63, 3.8) is 0 Å². The Morgan fingerprint density at radius 3 is 2.33 bits per heavy atom. The predicted octanol–water partition coefficient (Wildman–Crippen LogP) is 3.92. The lowest BCUT2D eigenvalue weighted by Crippen LogP contribution is -2.30. The summed E-state index contributed by atoms with van der Waals surface area (Å²) in [6, 6.07) is 9.03. The molecule has 0 aliphatic heterocycles. The van der Waals surface area contributed by atoms with Crippen LogP contribution in [-0.4, -0.2) is 24.0 Å². The van der Waals surface area contributed by atoms with Gasteiger partial charge in [-0.1, -0.05) is 69.4 Å². The van der Waals surface area contributed by atoms with Crippen LogP contribution < -0.4 is 11.1 Å². The van der Waals surface area contributed by atoms with Crippen LogP contribution in [-0.2, 0) is 14.9 Å². The normalized spacial score (nSPS) is 13.3. The summed E-state index contributed by atoms with van der Waals surface area (Å²) < 4.78 is 4.83. The number of hydrogen-bond donors (Lipinski definition) is 2. The van der Waals surface area contributed by atoms with Gasteiger partial charge in [-0.15, -0.1) is 12.4 Å². The third-order valence-corrected chi connectivity index (χ3v) is 5.03. The molecule has 148 valence electrons. The van der Waals surface area contributed by atoms with Gasteiger partial charge in [-0.3, -0.25) is 4.79 Å². The highest BCUT2D eigenvalue weighted by atomic mass is 35.5. The van der Waals surface area contributed by atoms with E-state index in [4.69, 9.17) is 10.5 Å². The molecule has 2 aromatic rings. The van der Waals surface area contributed by atoms with Gasteiger partial charge in [0.25, 0.3) is 0 Å². The van der Waals surface area contributed by atoms with Crippen molar-refractivity contribution in [3.05, 3.63) is 46.5 Å². The fourth-order valence-electron chi connectivity index (χ4n) is 2.46. The highest BCUT2D eigenvalue weighted by Gasteiger charge is 2.29. The average molecular weight is 412 g/mol. The van der Waals surface area contributed by atoms with Gasteiger partial charge in [0.05, 0.1) is 18.7 Å². The van der Waals surface area contributed by atoms with Gasteiger partial charge in [0, 0.05) is 11.5 Å². The molecular weight excluding hydrogens is 386 g/mol. The van der Waals surface area contributed by atoms with Gasteiger partial charge in [0.2, 0.25) is 5.91 Å². The van der Waals surface area contributed by atoms with Crippen molar-refractivity contribution >= 4 is 40.8 Å². The predicted molar refractivity (Wildman–Crippen MR) is 111 cm³/mol. The maximum Gasteiger partial charge on any atom is 0.350 e. The smallest absolute Gasteiger partial charge is 0.350 e. The number of ether oxygens (including phenoxy) is 1. The molecule has 6 nitrogen and oxygen atoms in total. The number of carbonyl (C=O) groups excluding carboxylic acids is 2. The van der Waals surface area contributed by atoms with Gasteiger partial charge < -0.3 is 15.8 Å². The topological polar surface area (TPSA) is 94.3 Å². The Balaban J connectivity index is 0.00000364. The summed E-state index contributed by atoms with van der Waals surface area (Å²) in [5, 5.41) is 3.15. The SMILES string of the molecule is COC(=O)c1sc(NC(=O)C(C)C(N)c2ccccc2)nc1C(C)(C)C.Cl. The van der Waals surface area contributed by atoms with Crippen molar-refractivity contribution < 1.29 is 14.3 Å². The van der Waals surface area contributed by atoms with Crippen LogP contribution in [0.25, 0.3) is 0 Å². The minimum absolute atomic E-state index is 0. The van der Waals surface area contributed by atoms with Gasteiger partial charge in [-0.2, -0.15) is 0 Å². The van der Waals surface area contributed by atoms with Crippen LogP contribution in [0.15, 0.2) is 30.3 Å². The summed E-state index contributed by atoms with van der Waals surface area (Å²) in [5.41, 5.74) is 7.35. The molecule has 27 heavy (non-hydrogen) atoms. The fourth-order valence-corrected chi connectivity index (χ4v) is 3.56. The van der Waals surface area contributed by atoms with Crippen LogP contribution in [0.1, 0.15) is 54.7 Å². The monoisotopic (exact) mass is 411 g/mol. The van der Waals surface area contributed by atoms with Gasteiger partial charge in [-0.25, -0.2) is 9.78 Å². The third-order valence-electron chi connectivity index (χ3n) is 4.08. The van der Waals surface area contributed by atoms with E-state index in [1.165, 1.54) is 7.11 Å². The lowest BCUT2D eigenvalue weighted by Gasteiger charge is -2.19. The van der Waals surface area contributed by atoms with E-state index >= 15 is 0 Å². The number of nitrogens with one attached hydrogen (secondary N) is 1. The molecule has 1 aromatic heterocycles. The number of nitrogens with zero attached hydrogens (tertiary/aromatic N) is 1. The highest BCUT2D eigenvalue weighted by molar-refractivity contribution is 7.17. The van der Waals surface area contributed by atoms with E-state index in [-0.39, 0.29) is 23.7 Å². The first-order valence-electron chi connectivity index (χ1n) is 8.36. The molecule has 0 saturated heterocycles. The van der Waals surface area contributed by atoms with Gasteiger partial charge >= 0.3 is 5.97 Å². The molecule has 0 aliphatic rings. The number of halogens is 1. The Kier molecular flexibility index (Phi) is 7.95. The Hall–Kier alpha value is -1.96. The molecule has 2 unspecified atom stereocenters. The van der Waals surface area contributed by atoms with Crippen molar-refractivity contribution in [1.82, 2.24) is 4.98 Å². The van der Waals surface area contributed by atoms with E-state index in [9.17, 15) is 9.59 Å². The summed E-state index contributed by atoms with van der Waals surface area (Å²) in [6.45, 7) is 7.63. The minimum Gasteiger partial charge on any atom is -0.465 e. The molecule has 1 heterocycles. The highest BCUT2D eigenvalue weighted by Crippen LogP contribution is 2.33. The number of rotatable bonds is 5. The molecule has 2 rings (SSSR count). The van der Waals surface area contributed by atoms with Crippen LogP contribution in [0, 0.1) is 5.92 Å². The Morgan fingerprint density at radius 1 is 1.22 bits per heavy atom. The summed E-state index contributed by atoms with van der Waals surface area (Å²) >= 11 is 1.11. The maximum absolute atomic E-state index is 12.6. The first-order valence-corrected chi connectivity index (χ1v) is 9.17. The molecule has 2 atom stereocenters. The van der Waals surface area contributed by atoms with E-state index in [1.54, 1.807) is 6.92 Å². The number of esters is 1. The summed E-state index contributed by atoms with van der Waals surface area (Å²) in [6.07, 6.45) is 0. The molecule has 0 spiro atoms. The van der Waals surface area contributed by atoms with Crippen LogP contribution in [0.2, 0.25) is 0 Å². The van der Waals surface area contributed by atoms with Crippen LogP contribution in [0.5, 0.6) is 0 Å². The van der Waals surface area contributed by atoms with E-state index < -0.39 is 17.9 Å². The molecule has 8 heteroatoms. The van der Waals surface area contributed by atoms with E-state index in [0.717, 1.165) is 16.9 Å². The number of nitrogens with two attached hydrogens (primary N) is 1. The number of carbonyl (C=O) groups is 2. The molecule has 1 aromatic carbocycles. The number of methoxy groups -OCH3 is 1. The van der Waals surface area contributed by atoms with Crippen molar-refractivity contribution in [2.75, 3.05) is 12.4 Å². The first-order chi connectivity index (χ1) is 12.1. The number of aromatic nitrogens is 1. The molecule has 0 bridgehead atoms. The second kappa shape index (κ2) is 9.30. The molecule has 0 radical (unpaired) electrons. The van der Waals surface area contributed by atoms with Gasteiger partial charge in [-0.05, 0) is 5.56 Å². The van der Waals surface area contributed by atoms with Crippen molar-refractivity contribution in [2.45, 2.75) is 39.2 Å². The maximum atomic E-state index is 12.6. The van der Waals surface area contributed by atoms with Crippen LogP contribution in [0.3, 0.4) is 0 Å². The third kappa shape index (κ3) is 5.51. The zero-order valence-corrected chi connectivity index (χ0v) is 17.7. The van der Waals surface area contributed by atoms with Gasteiger partial charge in [0.1, 0.15) is 4.88 Å². The zero-order chi connectivity index (χ0) is 19.5. The Bertz CT molecular complexity index is 787. The average Bonchev–Trinajstić information content (AvgIpc) is 3.04. The second-order valence-electron chi connectivity index (χ2n) is 7.15. The second-order valence-corrected chi connectivity index (χ2v) is 8.15. The van der Waals surface area contributed by atoms with Gasteiger partial charge in [0.15, 0.2) is 5.13 Å². The van der Waals surface area contributed by atoms with Crippen molar-refractivity contribution in [2.24, 2.45) is 11.7 Å². The number of benzene rings is 1. The standard InChI is InChI=1S/C19H25N3O3S.ClH/c1-11(13(20)12-9-7-6-8-10-12)16(23)22-18-21-15(19(2,3)4)14(26-18)17(24)25-5;/h6-11,13H,20H2,1-5H3,(H,21,22,23);1H.